The number of anilines is 1. The SMILES string of the molecule is Cc1ccc(C)c(OCC(=O)Nc2cccc(Oc3ccc4c(c3)C(=O)NC4=O)c2)c1. The zero-order valence-corrected chi connectivity index (χ0v) is 17.0. The van der Waals surface area contributed by atoms with Crippen LogP contribution < -0.4 is 20.1 Å². The molecule has 0 fully saturated rings. The van der Waals surface area contributed by atoms with E-state index in [-0.39, 0.29) is 18.1 Å². The van der Waals surface area contributed by atoms with Crippen molar-refractivity contribution in [1.82, 2.24) is 5.32 Å². The van der Waals surface area contributed by atoms with Crippen molar-refractivity contribution in [3.05, 3.63) is 82.9 Å². The molecule has 3 aromatic rings. The van der Waals surface area contributed by atoms with Gasteiger partial charge in [0, 0.05) is 11.8 Å². The Labute approximate surface area is 179 Å². The second-order valence-electron chi connectivity index (χ2n) is 7.23. The van der Waals surface area contributed by atoms with Gasteiger partial charge in [0.25, 0.3) is 17.7 Å². The predicted molar refractivity (Wildman–Crippen MR) is 115 cm³/mol. The van der Waals surface area contributed by atoms with Gasteiger partial charge in [-0.05, 0) is 61.4 Å². The highest BCUT2D eigenvalue weighted by molar-refractivity contribution is 6.21. The molecule has 0 aromatic heterocycles. The van der Waals surface area contributed by atoms with Gasteiger partial charge < -0.3 is 14.8 Å². The maximum absolute atomic E-state index is 12.3. The first-order valence-electron chi connectivity index (χ1n) is 9.66. The summed E-state index contributed by atoms with van der Waals surface area (Å²) in [7, 11) is 0. The highest BCUT2D eigenvalue weighted by Crippen LogP contribution is 2.28. The minimum Gasteiger partial charge on any atom is -0.483 e. The van der Waals surface area contributed by atoms with Gasteiger partial charge in [-0.25, -0.2) is 0 Å². The Kier molecular flexibility index (Phi) is 5.41. The summed E-state index contributed by atoms with van der Waals surface area (Å²) < 4.78 is 11.4. The Morgan fingerprint density at radius 3 is 2.52 bits per heavy atom. The monoisotopic (exact) mass is 416 g/mol. The summed E-state index contributed by atoms with van der Waals surface area (Å²) in [5, 5.41) is 5.02. The van der Waals surface area contributed by atoms with E-state index in [2.05, 4.69) is 10.6 Å². The van der Waals surface area contributed by atoms with Gasteiger partial charge in [0.2, 0.25) is 0 Å². The van der Waals surface area contributed by atoms with Gasteiger partial charge in [0.1, 0.15) is 17.2 Å². The Morgan fingerprint density at radius 2 is 1.68 bits per heavy atom. The average molecular weight is 416 g/mol. The molecule has 1 heterocycles. The number of aryl methyl sites for hydroxylation is 2. The summed E-state index contributed by atoms with van der Waals surface area (Å²) in [5.74, 6) is 0.384. The molecule has 7 nitrogen and oxygen atoms in total. The number of fused-ring (bicyclic) bond motifs is 1. The highest BCUT2D eigenvalue weighted by Gasteiger charge is 2.26. The molecule has 3 aromatic carbocycles. The summed E-state index contributed by atoms with van der Waals surface area (Å²) in [6.07, 6.45) is 0. The van der Waals surface area contributed by atoms with Crippen LogP contribution in [0.15, 0.2) is 60.7 Å². The molecule has 31 heavy (non-hydrogen) atoms. The van der Waals surface area contributed by atoms with Gasteiger partial charge in [-0.1, -0.05) is 18.2 Å². The Bertz CT molecular complexity index is 1200. The number of benzene rings is 3. The molecule has 0 atom stereocenters. The van der Waals surface area contributed by atoms with Crippen molar-refractivity contribution >= 4 is 23.4 Å². The van der Waals surface area contributed by atoms with Crippen LogP contribution in [0.3, 0.4) is 0 Å². The van der Waals surface area contributed by atoms with Crippen LogP contribution in [0, 0.1) is 13.8 Å². The van der Waals surface area contributed by atoms with E-state index in [4.69, 9.17) is 9.47 Å². The molecule has 0 saturated heterocycles. The summed E-state index contributed by atoms with van der Waals surface area (Å²) in [4.78, 5) is 35.8. The lowest BCUT2D eigenvalue weighted by molar-refractivity contribution is -0.118. The van der Waals surface area contributed by atoms with Crippen LogP contribution in [-0.2, 0) is 4.79 Å². The molecule has 0 unspecified atom stereocenters. The van der Waals surface area contributed by atoms with Crippen LogP contribution in [0.4, 0.5) is 5.69 Å². The number of nitrogens with one attached hydrogen (secondary N) is 2. The van der Waals surface area contributed by atoms with Crippen molar-refractivity contribution in [3.63, 3.8) is 0 Å². The van der Waals surface area contributed by atoms with Crippen LogP contribution in [-0.4, -0.2) is 24.3 Å². The molecule has 0 bridgehead atoms. The summed E-state index contributed by atoms with van der Waals surface area (Å²) in [6, 6.07) is 17.3. The van der Waals surface area contributed by atoms with Crippen LogP contribution >= 0.6 is 0 Å². The molecular weight excluding hydrogens is 396 g/mol. The molecule has 1 aliphatic heterocycles. The molecule has 0 spiro atoms. The van der Waals surface area contributed by atoms with Crippen LogP contribution in [0.2, 0.25) is 0 Å². The predicted octanol–water partition coefficient (Wildman–Crippen LogP) is 4.00. The van der Waals surface area contributed by atoms with E-state index in [1.165, 1.54) is 6.07 Å². The van der Waals surface area contributed by atoms with Gasteiger partial charge in [-0.2, -0.15) is 0 Å². The van der Waals surface area contributed by atoms with E-state index in [1.54, 1.807) is 36.4 Å². The number of ether oxygens (including phenoxy) is 2. The van der Waals surface area contributed by atoms with Crippen molar-refractivity contribution in [2.45, 2.75) is 13.8 Å². The van der Waals surface area contributed by atoms with Crippen molar-refractivity contribution < 1.29 is 23.9 Å². The number of amides is 3. The van der Waals surface area contributed by atoms with E-state index in [0.29, 0.717) is 28.5 Å². The first kappa shape index (κ1) is 20.2. The molecule has 3 amide bonds. The quantitative estimate of drug-likeness (QED) is 0.593. The fourth-order valence-corrected chi connectivity index (χ4v) is 3.19. The second kappa shape index (κ2) is 8.31. The third-order valence-electron chi connectivity index (χ3n) is 4.76. The molecule has 0 saturated carbocycles. The molecule has 0 aliphatic carbocycles. The number of hydrogen-bond donors (Lipinski definition) is 2. The largest absolute Gasteiger partial charge is 0.483 e. The topological polar surface area (TPSA) is 93.7 Å². The molecule has 0 radical (unpaired) electrons. The van der Waals surface area contributed by atoms with Crippen LogP contribution in [0.1, 0.15) is 31.8 Å². The summed E-state index contributed by atoms with van der Waals surface area (Å²) in [5.41, 5.74) is 3.15. The van der Waals surface area contributed by atoms with Crippen LogP contribution in [0.5, 0.6) is 17.2 Å². The van der Waals surface area contributed by atoms with E-state index in [9.17, 15) is 14.4 Å². The third-order valence-corrected chi connectivity index (χ3v) is 4.76. The lowest BCUT2D eigenvalue weighted by Crippen LogP contribution is -2.20. The van der Waals surface area contributed by atoms with Gasteiger partial charge >= 0.3 is 0 Å². The molecule has 1 aliphatic rings. The molecule has 2 N–H and O–H groups in total. The van der Waals surface area contributed by atoms with Crippen LogP contribution in [0.25, 0.3) is 0 Å². The van der Waals surface area contributed by atoms with Crippen molar-refractivity contribution in [2.24, 2.45) is 0 Å². The first-order valence-corrected chi connectivity index (χ1v) is 9.66. The molecule has 4 rings (SSSR count). The van der Waals surface area contributed by atoms with E-state index in [1.807, 2.05) is 32.0 Å². The van der Waals surface area contributed by atoms with Crippen molar-refractivity contribution in [3.8, 4) is 17.2 Å². The van der Waals surface area contributed by atoms with E-state index < -0.39 is 11.8 Å². The fourth-order valence-electron chi connectivity index (χ4n) is 3.19. The van der Waals surface area contributed by atoms with Crippen molar-refractivity contribution in [2.75, 3.05) is 11.9 Å². The van der Waals surface area contributed by atoms with E-state index in [0.717, 1.165) is 11.1 Å². The van der Waals surface area contributed by atoms with Crippen molar-refractivity contribution in [1.29, 1.82) is 0 Å². The minimum atomic E-state index is -0.449. The minimum absolute atomic E-state index is 0.122. The smallest absolute Gasteiger partial charge is 0.262 e. The zero-order chi connectivity index (χ0) is 22.0. The maximum atomic E-state index is 12.3. The zero-order valence-electron chi connectivity index (χ0n) is 17.0. The van der Waals surface area contributed by atoms with Gasteiger partial charge in [0.15, 0.2) is 6.61 Å². The Hall–Kier alpha value is -4.13. The lowest BCUT2D eigenvalue weighted by atomic mass is 10.1. The van der Waals surface area contributed by atoms with Gasteiger partial charge in [-0.3, -0.25) is 19.7 Å². The third kappa shape index (κ3) is 4.56. The summed E-state index contributed by atoms with van der Waals surface area (Å²) in [6.45, 7) is 3.76. The fraction of sp³-hybridized carbons (Fsp3) is 0.125. The normalized spacial score (nSPS) is 12.2. The Morgan fingerprint density at radius 1 is 0.903 bits per heavy atom. The first-order chi connectivity index (χ1) is 14.9. The average Bonchev–Trinajstić information content (AvgIpc) is 3.02. The summed E-state index contributed by atoms with van der Waals surface area (Å²) >= 11 is 0. The number of carbonyl (C=O) groups excluding carboxylic acids is 3. The second-order valence-corrected chi connectivity index (χ2v) is 7.23. The van der Waals surface area contributed by atoms with Gasteiger partial charge in [0.05, 0.1) is 11.1 Å². The van der Waals surface area contributed by atoms with Gasteiger partial charge in [-0.15, -0.1) is 0 Å². The molecule has 156 valence electrons. The number of hydrogen-bond acceptors (Lipinski definition) is 5. The number of rotatable bonds is 6. The maximum Gasteiger partial charge on any atom is 0.262 e. The lowest BCUT2D eigenvalue weighted by Gasteiger charge is -2.11. The number of imide groups is 1. The number of carbonyl (C=O) groups is 3. The molecule has 7 heteroatoms. The standard InChI is InChI=1S/C24H20N2O5/c1-14-6-7-15(2)21(10-14)30-13-22(27)25-16-4-3-5-17(11-16)31-18-8-9-19-20(12-18)24(29)26-23(19)28/h3-12H,13H2,1-2H3,(H,25,27)(H,26,28,29). The van der Waals surface area contributed by atoms with E-state index >= 15 is 0 Å². The Balaban J connectivity index is 1.40. The molecular formula is C24H20N2O5. The highest BCUT2D eigenvalue weighted by atomic mass is 16.5.